The van der Waals surface area contributed by atoms with Gasteiger partial charge in [-0.15, -0.1) is 0 Å². The number of halogens is 4. The molecule has 0 saturated heterocycles. The molecule has 0 fully saturated rings. The van der Waals surface area contributed by atoms with Crippen LogP contribution in [-0.4, -0.2) is 21.6 Å². The molecule has 2 unspecified atom stereocenters. The van der Waals surface area contributed by atoms with Gasteiger partial charge in [-0.2, -0.15) is 13.2 Å². The largest absolute Gasteiger partial charge is 0.416 e. The Labute approximate surface area is 112 Å². The third kappa shape index (κ3) is 3.70. The van der Waals surface area contributed by atoms with Crippen LogP contribution in [0.5, 0.6) is 0 Å². The molecule has 0 aliphatic rings. The van der Waals surface area contributed by atoms with Crippen molar-refractivity contribution in [3.05, 3.63) is 34.9 Å². The molecule has 0 aliphatic heterocycles. The number of alkyl halides is 4. The van der Waals surface area contributed by atoms with Crippen molar-refractivity contribution in [1.82, 2.24) is 0 Å². The number of hydrogen-bond donors (Lipinski definition) is 2. The Morgan fingerprint density at radius 2 is 1.89 bits per heavy atom. The van der Waals surface area contributed by atoms with E-state index in [1.807, 2.05) is 0 Å². The third-order valence-electron chi connectivity index (χ3n) is 2.69. The Balaban J connectivity index is 3.08. The van der Waals surface area contributed by atoms with Crippen molar-refractivity contribution in [1.29, 1.82) is 0 Å². The normalized spacial score (nSPS) is 15.5. The van der Waals surface area contributed by atoms with Gasteiger partial charge in [0, 0.05) is 5.33 Å². The lowest BCUT2D eigenvalue weighted by molar-refractivity contribution is -0.137. The van der Waals surface area contributed by atoms with Crippen LogP contribution in [0.2, 0.25) is 0 Å². The molecule has 1 aromatic carbocycles. The maximum absolute atomic E-state index is 12.6. The van der Waals surface area contributed by atoms with Crippen molar-refractivity contribution < 1.29 is 23.4 Å². The summed E-state index contributed by atoms with van der Waals surface area (Å²) in [6, 6.07) is 3.14. The molecule has 0 bridgehead atoms. The molecule has 2 N–H and O–H groups in total. The number of benzene rings is 1. The summed E-state index contributed by atoms with van der Waals surface area (Å²) >= 11 is 3.10. The smallest absolute Gasteiger partial charge is 0.390 e. The van der Waals surface area contributed by atoms with Crippen molar-refractivity contribution in [2.24, 2.45) is 0 Å². The summed E-state index contributed by atoms with van der Waals surface area (Å²) in [7, 11) is 0. The zero-order valence-corrected chi connectivity index (χ0v) is 11.3. The van der Waals surface area contributed by atoms with Crippen LogP contribution in [-0.2, 0) is 6.18 Å². The van der Waals surface area contributed by atoms with E-state index in [2.05, 4.69) is 15.9 Å². The average Bonchev–Trinajstić information content (AvgIpc) is 2.27. The van der Waals surface area contributed by atoms with Gasteiger partial charge in [-0.25, -0.2) is 0 Å². The molecule has 0 aliphatic carbocycles. The van der Waals surface area contributed by atoms with Crippen LogP contribution in [0.25, 0.3) is 0 Å². The molecule has 0 spiro atoms. The van der Waals surface area contributed by atoms with Gasteiger partial charge in [-0.1, -0.05) is 22.0 Å². The Kier molecular flexibility index (Phi) is 5.19. The number of aryl methyl sites for hydroxylation is 1. The Hall–Kier alpha value is -0.590. The van der Waals surface area contributed by atoms with Crippen LogP contribution in [0, 0.1) is 6.92 Å². The Bertz CT molecular complexity index is 407. The fraction of sp³-hybridized carbons (Fsp3) is 0.500. The fourth-order valence-corrected chi connectivity index (χ4v) is 2.08. The highest BCUT2D eigenvalue weighted by Crippen LogP contribution is 2.33. The van der Waals surface area contributed by atoms with E-state index in [9.17, 15) is 23.4 Å². The van der Waals surface area contributed by atoms with Crippen molar-refractivity contribution in [3.63, 3.8) is 0 Å². The van der Waals surface area contributed by atoms with Crippen LogP contribution in [0.15, 0.2) is 18.2 Å². The second kappa shape index (κ2) is 6.04. The van der Waals surface area contributed by atoms with Gasteiger partial charge in [-0.3, -0.25) is 0 Å². The number of aliphatic hydroxyl groups is 2. The number of rotatable bonds is 4. The quantitative estimate of drug-likeness (QED) is 0.834. The lowest BCUT2D eigenvalue weighted by atomic mass is 9.96. The lowest BCUT2D eigenvalue weighted by Crippen LogP contribution is -2.20. The van der Waals surface area contributed by atoms with E-state index in [0.29, 0.717) is 10.9 Å². The monoisotopic (exact) mass is 326 g/mol. The summed E-state index contributed by atoms with van der Waals surface area (Å²) in [4.78, 5) is 0. The summed E-state index contributed by atoms with van der Waals surface area (Å²) in [5, 5.41) is 19.9. The van der Waals surface area contributed by atoms with Crippen LogP contribution in [0.1, 0.15) is 29.2 Å². The minimum absolute atomic E-state index is 0.110. The molecule has 1 rings (SSSR count). The lowest BCUT2D eigenvalue weighted by Gasteiger charge is -2.20. The van der Waals surface area contributed by atoms with Gasteiger partial charge in [0.25, 0.3) is 0 Å². The van der Waals surface area contributed by atoms with E-state index in [4.69, 9.17) is 0 Å². The maximum Gasteiger partial charge on any atom is 0.416 e. The standard InChI is InChI=1S/C12H14BrF3O2/c1-7-2-3-8(12(14,15)16)6-9(7)11(18)10(17)4-5-13/h2-3,6,10-11,17-18H,4-5H2,1H3. The molecular weight excluding hydrogens is 313 g/mol. The van der Waals surface area contributed by atoms with Crippen molar-refractivity contribution >= 4 is 15.9 Å². The zero-order valence-electron chi connectivity index (χ0n) is 9.71. The van der Waals surface area contributed by atoms with Gasteiger partial charge in [0.05, 0.1) is 11.7 Å². The Morgan fingerprint density at radius 3 is 2.39 bits per heavy atom. The first-order valence-corrected chi connectivity index (χ1v) is 6.49. The van der Waals surface area contributed by atoms with E-state index >= 15 is 0 Å². The van der Waals surface area contributed by atoms with Crippen LogP contribution in [0.4, 0.5) is 13.2 Å². The molecule has 6 heteroatoms. The molecule has 0 radical (unpaired) electrons. The first kappa shape index (κ1) is 15.5. The van der Waals surface area contributed by atoms with E-state index in [-0.39, 0.29) is 12.0 Å². The maximum atomic E-state index is 12.6. The van der Waals surface area contributed by atoms with Crippen molar-refractivity contribution in [3.8, 4) is 0 Å². The fourth-order valence-electron chi connectivity index (χ4n) is 1.61. The molecular formula is C12H14BrF3O2. The summed E-state index contributed by atoms with van der Waals surface area (Å²) in [6.07, 6.45) is -6.60. The minimum atomic E-state index is -4.46. The van der Waals surface area contributed by atoms with Gasteiger partial charge in [0.2, 0.25) is 0 Å². The van der Waals surface area contributed by atoms with E-state index < -0.39 is 23.9 Å². The van der Waals surface area contributed by atoms with Crippen molar-refractivity contribution in [2.75, 3.05) is 5.33 Å². The van der Waals surface area contributed by atoms with Crippen molar-refractivity contribution in [2.45, 2.75) is 31.7 Å². The highest BCUT2D eigenvalue weighted by molar-refractivity contribution is 9.09. The van der Waals surface area contributed by atoms with Gasteiger partial charge in [0.1, 0.15) is 6.10 Å². The summed E-state index contributed by atoms with van der Waals surface area (Å²) in [5.41, 5.74) is -0.199. The SMILES string of the molecule is Cc1ccc(C(F)(F)F)cc1C(O)C(O)CCBr. The molecule has 0 aromatic heterocycles. The molecule has 102 valence electrons. The zero-order chi connectivity index (χ0) is 13.9. The highest BCUT2D eigenvalue weighted by Gasteiger charge is 2.32. The number of aliphatic hydroxyl groups excluding tert-OH is 2. The molecule has 0 amide bonds. The highest BCUT2D eigenvalue weighted by atomic mass is 79.9. The summed E-state index contributed by atoms with van der Waals surface area (Å²) in [5.74, 6) is 0. The summed E-state index contributed by atoms with van der Waals surface area (Å²) in [6.45, 7) is 1.60. The molecule has 0 heterocycles. The minimum Gasteiger partial charge on any atom is -0.390 e. The van der Waals surface area contributed by atoms with Gasteiger partial charge in [-0.05, 0) is 36.6 Å². The van der Waals surface area contributed by atoms with Gasteiger partial charge < -0.3 is 10.2 Å². The van der Waals surface area contributed by atoms with E-state index in [1.165, 1.54) is 6.07 Å². The van der Waals surface area contributed by atoms with Crippen LogP contribution < -0.4 is 0 Å². The Morgan fingerprint density at radius 1 is 1.28 bits per heavy atom. The second-order valence-corrected chi connectivity index (χ2v) is 4.85. The topological polar surface area (TPSA) is 40.5 Å². The van der Waals surface area contributed by atoms with Gasteiger partial charge >= 0.3 is 6.18 Å². The predicted octanol–water partition coefficient (Wildman–Crippen LogP) is 3.19. The number of hydrogen-bond acceptors (Lipinski definition) is 2. The molecule has 2 nitrogen and oxygen atoms in total. The molecule has 18 heavy (non-hydrogen) atoms. The van der Waals surface area contributed by atoms with E-state index in [1.54, 1.807) is 6.92 Å². The van der Waals surface area contributed by atoms with Gasteiger partial charge in [0.15, 0.2) is 0 Å². The molecule has 1 aromatic rings. The van der Waals surface area contributed by atoms with Crippen LogP contribution in [0.3, 0.4) is 0 Å². The average molecular weight is 327 g/mol. The first-order valence-electron chi connectivity index (χ1n) is 5.37. The van der Waals surface area contributed by atoms with Crippen LogP contribution >= 0.6 is 15.9 Å². The second-order valence-electron chi connectivity index (χ2n) is 4.06. The third-order valence-corrected chi connectivity index (χ3v) is 3.15. The predicted molar refractivity (Wildman–Crippen MR) is 65.6 cm³/mol. The molecule has 0 saturated carbocycles. The van der Waals surface area contributed by atoms with E-state index in [0.717, 1.165) is 12.1 Å². The summed E-state index contributed by atoms with van der Waals surface area (Å²) < 4.78 is 37.7. The molecule has 2 atom stereocenters. The first-order chi connectivity index (χ1) is 8.27.